The molecule has 104 valence electrons. The first-order chi connectivity index (χ1) is 9.54. The number of halogens is 2. The average Bonchev–Trinajstić information content (AvgIpc) is 2.43. The van der Waals surface area contributed by atoms with Gasteiger partial charge in [-0.15, -0.1) is 0 Å². The fraction of sp³-hybridized carbons (Fsp3) is 0.188. The van der Waals surface area contributed by atoms with E-state index >= 15 is 0 Å². The van der Waals surface area contributed by atoms with Crippen LogP contribution in [0.15, 0.2) is 42.5 Å². The summed E-state index contributed by atoms with van der Waals surface area (Å²) < 4.78 is 31.2. The molecule has 0 unspecified atom stereocenters. The molecule has 0 radical (unpaired) electrons. The van der Waals surface area contributed by atoms with Crippen molar-refractivity contribution in [2.45, 2.75) is 13.3 Å². The van der Waals surface area contributed by atoms with Gasteiger partial charge >= 0.3 is 0 Å². The van der Waals surface area contributed by atoms with Crippen LogP contribution in [0.1, 0.15) is 11.1 Å². The molecule has 0 amide bonds. The zero-order chi connectivity index (χ0) is 14.5. The number of aryl methyl sites for hydroxylation is 1. The minimum Gasteiger partial charge on any atom is -0.486 e. The second-order valence-corrected chi connectivity index (χ2v) is 4.54. The number of Topliss-reactive ketones (excluding diaryl/α,β-unsaturated/α-hetero) is 1. The van der Waals surface area contributed by atoms with Crippen molar-refractivity contribution in [3.8, 4) is 5.75 Å². The Labute approximate surface area is 116 Å². The van der Waals surface area contributed by atoms with Crippen molar-refractivity contribution in [2.24, 2.45) is 0 Å². The number of hydrogen-bond acceptors (Lipinski definition) is 2. The predicted octanol–water partition coefficient (Wildman–Crippen LogP) is 3.46. The van der Waals surface area contributed by atoms with Crippen LogP contribution in [0.5, 0.6) is 5.75 Å². The van der Waals surface area contributed by atoms with E-state index < -0.39 is 0 Å². The molecule has 2 aromatic carbocycles. The van der Waals surface area contributed by atoms with Crippen LogP contribution in [0.25, 0.3) is 0 Å². The molecule has 2 rings (SSSR count). The van der Waals surface area contributed by atoms with Crippen LogP contribution in [-0.4, -0.2) is 12.4 Å². The lowest BCUT2D eigenvalue weighted by molar-refractivity contribution is -0.120. The van der Waals surface area contributed by atoms with Crippen molar-refractivity contribution in [1.29, 1.82) is 0 Å². The molecule has 2 aromatic rings. The lowest BCUT2D eigenvalue weighted by atomic mass is 10.1. The molecule has 20 heavy (non-hydrogen) atoms. The van der Waals surface area contributed by atoms with Crippen LogP contribution in [0.2, 0.25) is 0 Å². The third kappa shape index (κ3) is 3.88. The van der Waals surface area contributed by atoms with Crippen molar-refractivity contribution in [1.82, 2.24) is 0 Å². The number of benzene rings is 2. The van der Waals surface area contributed by atoms with Gasteiger partial charge in [-0.1, -0.05) is 18.2 Å². The molecule has 4 heteroatoms. The van der Waals surface area contributed by atoms with Gasteiger partial charge in [-0.3, -0.25) is 4.79 Å². The lowest BCUT2D eigenvalue weighted by Gasteiger charge is -2.06. The second-order valence-electron chi connectivity index (χ2n) is 4.54. The van der Waals surface area contributed by atoms with Gasteiger partial charge in [-0.25, -0.2) is 8.78 Å². The number of ketones is 1. The molecule has 0 atom stereocenters. The highest BCUT2D eigenvalue weighted by atomic mass is 19.1. The van der Waals surface area contributed by atoms with Crippen molar-refractivity contribution in [2.75, 3.05) is 6.61 Å². The average molecular weight is 276 g/mol. The van der Waals surface area contributed by atoms with E-state index in [1.807, 2.05) is 0 Å². The Kier molecular flexibility index (Phi) is 4.45. The second kappa shape index (κ2) is 6.28. The molecular weight excluding hydrogens is 262 g/mol. The zero-order valence-electron chi connectivity index (χ0n) is 11.0. The van der Waals surface area contributed by atoms with E-state index in [2.05, 4.69) is 0 Å². The molecule has 0 aliphatic heterocycles. The molecule has 0 aliphatic carbocycles. The number of ether oxygens (including phenoxy) is 1. The first-order valence-corrected chi connectivity index (χ1v) is 6.19. The topological polar surface area (TPSA) is 26.3 Å². The molecule has 0 aliphatic rings. The first-order valence-electron chi connectivity index (χ1n) is 6.19. The van der Waals surface area contributed by atoms with Gasteiger partial charge in [0, 0.05) is 12.5 Å². The van der Waals surface area contributed by atoms with Crippen LogP contribution >= 0.6 is 0 Å². The highest BCUT2D eigenvalue weighted by Crippen LogP contribution is 2.16. The highest BCUT2D eigenvalue weighted by molar-refractivity contribution is 5.82. The summed E-state index contributed by atoms with van der Waals surface area (Å²) in [5.41, 5.74) is 1.24. The molecule has 0 saturated heterocycles. The monoisotopic (exact) mass is 276 g/mol. The van der Waals surface area contributed by atoms with Crippen LogP contribution in [-0.2, 0) is 11.2 Å². The molecule has 0 N–H and O–H groups in total. The Hall–Kier alpha value is -2.23. The summed E-state index contributed by atoms with van der Waals surface area (Å²) in [7, 11) is 0. The number of rotatable bonds is 5. The Morgan fingerprint density at radius 3 is 2.45 bits per heavy atom. The summed E-state index contributed by atoms with van der Waals surface area (Å²) >= 11 is 0. The maximum atomic E-state index is 13.3. The van der Waals surface area contributed by atoms with E-state index in [-0.39, 0.29) is 30.4 Å². The first kappa shape index (κ1) is 14.2. The Morgan fingerprint density at radius 1 is 1.10 bits per heavy atom. The minimum absolute atomic E-state index is 0.139. The van der Waals surface area contributed by atoms with E-state index in [9.17, 15) is 13.6 Å². The fourth-order valence-corrected chi connectivity index (χ4v) is 1.71. The molecule has 0 spiro atoms. The van der Waals surface area contributed by atoms with Gasteiger partial charge < -0.3 is 4.74 Å². The maximum absolute atomic E-state index is 13.3. The standard InChI is InChI=1S/C16H14F2O2/c1-11-2-7-15(9-16(11)18)20-10-14(19)8-12-3-5-13(17)6-4-12/h2-7,9H,8,10H2,1H3. The Morgan fingerprint density at radius 2 is 1.80 bits per heavy atom. The molecule has 0 bridgehead atoms. The molecule has 0 aromatic heterocycles. The Bertz CT molecular complexity index is 606. The number of carbonyl (C=O) groups is 1. The highest BCUT2D eigenvalue weighted by Gasteiger charge is 2.06. The molecule has 0 heterocycles. The van der Waals surface area contributed by atoms with E-state index in [1.54, 1.807) is 31.2 Å². The summed E-state index contributed by atoms with van der Waals surface area (Å²) in [5, 5.41) is 0. The third-order valence-electron chi connectivity index (χ3n) is 2.86. The van der Waals surface area contributed by atoms with Gasteiger partial charge in [0.15, 0.2) is 5.78 Å². The summed E-state index contributed by atoms with van der Waals surface area (Å²) in [5.74, 6) is -0.542. The van der Waals surface area contributed by atoms with Crippen molar-refractivity contribution < 1.29 is 18.3 Å². The van der Waals surface area contributed by atoms with Gasteiger partial charge in [0.05, 0.1) is 0 Å². The van der Waals surface area contributed by atoms with E-state index in [4.69, 9.17) is 4.74 Å². The SMILES string of the molecule is Cc1ccc(OCC(=O)Cc2ccc(F)cc2)cc1F. The summed E-state index contributed by atoms with van der Waals surface area (Å²) in [6.07, 6.45) is 0.161. The van der Waals surface area contributed by atoms with Crippen molar-refractivity contribution in [3.63, 3.8) is 0 Å². The lowest BCUT2D eigenvalue weighted by Crippen LogP contribution is -2.14. The fourth-order valence-electron chi connectivity index (χ4n) is 1.71. The molecule has 2 nitrogen and oxygen atoms in total. The quantitative estimate of drug-likeness (QED) is 0.836. The van der Waals surface area contributed by atoms with E-state index in [0.717, 1.165) is 5.56 Å². The van der Waals surface area contributed by atoms with Gasteiger partial charge in [-0.05, 0) is 36.2 Å². The molecule has 0 fully saturated rings. The van der Waals surface area contributed by atoms with E-state index in [1.165, 1.54) is 18.2 Å². The van der Waals surface area contributed by atoms with Crippen molar-refractivity contribution in [3.05, 3.63) is 65.2 Å². The van der Waals surface area contributed by atoms with Crippen LogP contribution < -0.4 is 4.74 Å². The Balaban J connectivity index is 1.88. The summed E-state index contributed by atoms with van der Waals surface area (Å²) in [6, 6.07) is 10.2. The summed E-state index contributed by atoms with van der Waals surface area (Å²) in [6.45, 7) is 1.51. The molecule has 0 saturated carbocycles. The largest absolute Gasteiger partial charge is 0.486 e. The van der Waals surface area contributed by atoms with Gasteiger partial charge in [0.1, 0.15) is 24.0 Å². The van der Waals surface area contributed by atoms with Crippen LogP contribution in [0.4, 0.5) is 8.78 Å². The van der Waals surface area contributed by atoms with Gasteiger partial charge in [0.2, 0.25) is 0 Å². The maximum Gasteiger partial charge on any atom is 0.174 e. The van der Waals surface area contributed by atoms with Crippen LogP contribution in [0.3, 0.4) is 0 Å². The van der Waals surface area contributed by atoms with E-state index in [0.29, 0.717) is 11.3 Å². The normalized spacial score (nSPS) is 10.3. The minimum atomic E-state index is -0.367. The zero-order valence-corrected chi connectivity index (χ0v) is 11.0. The summed E-state index contributed by atoms with van der Waals surface area (Å²) in [4.78, 5) is 11.7. The predicted molar refractivity (Wildman–Crippen MR) is 71.7 cm³/mol. The number of hydrogen-bond donors (Lipinski definition) is 0. The van der Waals surface area contributed by atoms with Gasteiger partial charge in [-0.2, -0.15) is 0 Å². The molecular formula is C16H14F2O2. The number of carbonyl (C=O) groups excluding carboxylic acids is 1. The van der Waals surface area contributed by atoms with Gasteiger partial charge in [0.25, 0.3) is 0 Å². The van der Waals surface area contributed by atoms with Crippen LogP contribution in [0, 0.1) is 18.6 Å². The van der Waals surface area contributed by atoms with Crippen molar-refractivity contribution >= 4 is 5.78 Å². The smallest absolute Gasteiger partial charge is 0.174 e. The third-order valence-corrected chi connectivity index (χ3v) is 2.86.